The second-order valence-electron chi connectivity index (χ2n) is 7.11. The van der Waals surface area contributed by atoms with Crippen molar-refractivity contribution in [3.63, 3.8) is 0 Å². The van der Waals surface area contributed by atoms with E-state index in [1.165, 1.54) is 12.1 Å². The first-order chi connectivity index (χ1) is 14.7. The minimum Gasteiger partial charge on any atom is -0.497 e. The first-order valence-corrected chi connectivity index (χ1v) is 9.75. The van der Waals surface area contributed by atoms with Crippen molar-refractivity contribution in [1.82, 2.24) is 15.5 Å². The summed E-state index contributed by atoms with van der Waals surface area (Å²) in [4.78, 5) is 6.34. The van der Waals surface area contributed by atoms with Crippen molar-refractivity contribution >= 4 is 29.9 Å². The van der Waals surface area contributed by atoms with Crippen LogP contribution in [0.1, 0.15) is 17.2 Å². The summed E-state index contributed by atoms with van der Waals surface area (Å²) in [5, 5.41) is 6.52. The van der Waals surface area contributed by atoms with Gasteiger partial charge in [0.1, 0.15) is 11.5 Å². The number of alkyl halides is 3. The lowest BCUT2D eigenvalue weighted by molar-refractivity contribution is -0.153. The fourth-order valence-corrected chi connectivity index (χ4v) is 2.92. The number of likely N-dealkylation sites (N-methyl/N-ethyl adjacent to an activating group) is 1. The van der Waals surface area contributed by atoms with Crippen molar-refractivity contribution in [3.8, 4) is 11.5 Å². The van der Waals surface area contributed by atoms with E-state index in [2.05, 4.69) is 20.5 Å². The number of nitrogens with one attached hydrogen (secondary N) is 2. The van der Waals surface area contributed by atoms with Gasteiger partial charge in [0.05, 0.1) is 13.2 Å². The zero-order valence-corrected chi connectivity index (χ0v) is 20.9. The lowest BCUT2D eigenvalue weighted by Crippen LogP contribution is -2.41. The van der Waals surface area contributed by atoms with Crippen LogP contribution in [-0.2, 0) is 6.54 Å². The van der Waals surface area contributed by atoms with Crippen LogP contribution in [0.3, 0.4) is 0 Å². The van der Waals surface area contributed by atoms with Crippen LogP contribution in [0, 0.1) is 0 Å². The molecule has 6 nitrogen and oxygen atoms in total. The molecule has 0 heterocycles. The number of benzene rings is 2. The van der Waals surface area contributed by atoms with Gasteiger partial charge in [0.25, 0.3) is 0 Å². The van der Waals surface area contributed by atoms with Crippen LogP contribution in [0.4, 0.5) is 13.2 Å². The Balaban J connectivity index is 0.00000512. The number of guanidine groups is 1. The molecule has 0 aromatic heterocycles. The lowest BCUT2D eigenvalue weighted by atomic mass is 10.1. The molecule has 1 atom stereocenters. The highest BCUT2D eigenvalue weighted by Crippen LogP contribution is 2.22. The highest BCUT2D eigenvalue weighted by molar-refractivity contribution is 14.0. The van der Waals surface area contributed by atoms with Crippen molar-refractivity contribution in [2.24, 2.45) is 4.99 Å². The van der Waals surface area contributed by atoms with Crippen LogP contribution < -0.4 is 20.1 Å². The SMILES string of the molecule is CN=C(NCc1ccc(OCC(F)(F)F)cc1)NCC(c1cccc(OC)c1)N(C)C.I. The minimum atomic E-state index is -4.35. The van der Waals surface area contributed by atoms with E-state index in [1.54, 1.807) is 26.3 Å². The molecule has 0 aliphatic rings. The van der Waals surface area contributed by atoms with E-state index in [9.17, 15) is 13.2 Å². The van der Waals surface area contributed by atoms with Crippen LogP contribution in [0.5, 0.6) is 11.5 Å². The quantitative estimate of drug-likeness (QED) is 0.271. The number of halogens is 4. The second kappa shape index (κ2) is 13.4. The summed E-state index contributed by atoms with van der Waals surface area (Å²) < 4.78 is 46.7. The van der Waals surface area contributed by atoms with E-state index in [0.29, 0.717) is 19.0 Å². The summed E-state index contributed by atoms with van der Waals surface area (Å²) in [5.41, 5.74) is 2.00. The average molecular weight is 566 g/mol. The molecule has 0 bridgehead atoms. The Bertz CT molecular complexity index is 846. The summed E-state index contributed by atoms with van der Waals surface area (Å²) in [7, 11) is 7.33. The van der Waals surface area contributed by atoms with Crippen LogP contribution in [-0.4, -0.2) is 58.4 Å². The Morgan fingerprint density at radius 2 is 1.75 bits per heavy atom. The van der Waals surface area contributed by atoms with E-state index in [4.69, 9.17) is 9.47 Å². The summed E-state index contributed by atoms with van der Waals surface area (Å²) in [6.45, 7) is -0.226. The van der Waals surface area contributed by atoms with Gasteiger partial charge in [-0.3, -0.25) is 4.99 Å². The van der Waals surface area contributed by atoms with Gasteiger partial charge in [0, 0.05) is 20.1 Å². The Labute approximate surface area is 204 Å². The number of rotatable bonds is 9. The van der Waals surface area contributed by atoms with E-state index < -0.39 is 12.8 Å². The molecule has 0 amide bonds. The fraction of sp³-hybridized carbons (Fsp3) is 0.409. The first kappa shape index (κ1) is 27.8. The third kappa shape index (κ3) is 9.51. The molecule has 0 aliphatic heterocycles. The van der Waals surface area contributed by atoms with Crippen LogP contribution in [0.25, 0.3) is 0 Å². The molecule has 0 aliphatic carbocycles. The maximum absolute atomic E-state index is 12.2. The standard InChI is InChI=1S/C22H29F3N4O2.HI/c1-26-21(27-13-16-8-10-18(11-9-16)31-15-22(23,24)25)28-14-20(29(2)3)17-6-5-7-19(12-17)30-4;/h5-12,20H,13-15H2,1-4H3,(H2,26,27,28);1H. The highest BCUT2D eigenvalue weighted by atomic mass is 127. The maximum Gasteiger partial charge on any atom is 0.422 e. The molecule has 2 aromatic carbocycles. The van der Waals surface area contributed by atoms with Gasteiger partial charge in [-0.1, -0.05) is 24.3 Å². The Kier molecular flexibility index (Phi) is 11.6. The first-order valence-electron chi connectivity index (χ1n) is 9.75. The smallest absolute Gasteiger partial charge is 0.422 e. The van der Waals surface area contributed by atoms with Crippen molar-refractivity contribution < 1.29 is 22.6 Å². The van der Waals surface area contributed by atoms with Gasteiger partial charge in [-0.15, -0.1) is 24.0 Å². The Hall–Kier alpha value is -2.21. The molecule has 2 aromatic rings. The van der Waals surface area contributed by atoms with Gasteiger partial charge in [-0.25, -0.2) is 0 Å². The summed E-state index contributed by atoms with van der Waals surface area (Å²) in [6.07, 6.45) is -4.35. The van der Waals surface area contributed by atoms with Gasteiger partial charge in [-0.2, -0.15) is 13.2 Å². The molecule has 0 fully saturated rings. The predicted octanol–water partition coefficient (Wildman–Crippen LogP) is 4.22. The minimum absolute atomic E-state index is 0. The van der Waals surface area contributed by atoms with Gasteiger partial charge in [0.2, 0.25) is 0 Å². The van der Waals surface area contributed by atoms with Crippen LogP contribution in [0.2, 0.25) is 0 Å². The molecule has 0 saturated heterocycles. The van der Waals surface area contributed by atoms with Crippen molar-refractivity contribution in [2.45, 2.75) is 18.8 Å². The lowest BCUT2D eigenvalue weighted by Gasteiger charge is -2.26. The normalized spacial score (nSPS) is 12.7. The van der Waals surface area contributed by atoms with Crippen LogP contribution >= 0.6 is 24.0 Å². The molecule has 32 heavy (non-hydrogen) atoms. The number of nitrogens with zero attached hydrogens (tertiary/aromatic N) is 2. The summed E-state index contributed by atoms with van der Waals surface area (Å²) in [5.74, 6) is 1.59. The molecule has 0 spiro atoms. The average Bonchev–Trinajstić information content (AvgIpc) is 2.74. The second-order valence-corrected chi connectivity index (χ2v) is 7.11. The number of methoxy groups -OCH3 is 1. The largest absolute Gasteiger partial charge is 0.497 e. The van der Waals surface area contributed by atoms with Gasteiger partial charge in [-0.05, 0) is 49.5 Å². The highest BCUT2D eigenvalue weighted by Gasteiger charge is 2.28. The molecule has 2 N–H and O–H groups in total. The molecule has 2 rings (SSSR count). The van der Waals surface area contributed by atoms with E-state index in [1.807, 2.05) is 38.4 Å². The summed E-state index contributed by atoms with van der Waals surface area (Å²) >= 11 is 0. The zero-order chi connectivity index (χ0) is 22.9. The van der Waals surface area contributed by atoms with E-state index in [0.717, 1.165) is 16.9 Å². The third-order valence-corrected chi connectivity index (χ3v) is 4.57. The van der Waals surface area contributed by atoms with Crippen molar-refractivity contribution in [2.75, 3.05) is 41.4 Å². The zero-order valence-electron chi connectivity index (χ0n) is 18.6. The number of aliphatic imine (C=N–C) groups is 1. The molecule has 10 heteroatoms. The van der Waals surface area contributed by atoms with Gasteiger partial charge >= 0.3 is 6.18 Å². The van der Waals surface area contributed by atoms with E-state index in [-0.39, 0.29) is 35.8 Å². The molecule has 0 saturated carbocycles. The topological polar surface area (TPSA) is 58.1 Å². The van der Waals surface area contributed by atoms with Crippen molar-refractivity contribution in [3.05, 3.63) is 59.7 Å². The molecule has 0 radical (unpaired) electrons. The number of hydrogen-bond donors (Lipinski definition) is 2. The summed E-state index contributed by atoms with van der Waals surface area (Å²) in [6, 6.07) is 14.5. The monoisotopic (exact) mass is 566 g/mol. The fourth-order valence-electron chi connectivity index (χ4n) is 2.92. The van der Waals surface area contributed by atoms with Gasteiger partial charge in [0.15, 0.2) is 12.6 Å². The van der Waals surface area contributed by atoms with Crippen molar-refractivity contribution in [1.29, 1.82) is 0 Å². The van der Waals surface area contributed by atoms with Gasteiger partial charge < -0.3 is 25.0 Å². The maximum atomic E-state index is 12.2. The Morgan fingerprint density at radius 1 is 1.06 bits per heavy atom. The van der Waals surface area contributed by atoms with Crippen LogP contribution in [0.15, 0.2) is 53.5 Å². The molecular formula is C22H30F3IN4O2. The molecular weight excluding hydrogens is 536 g/mol. The Morgan fingerprint density at radius 3 is 2.31 bits per heavy atom. The molecule has 178 valence electrons. The third-order valence-electron chi connectivity index (χ3n) is 4.57. The molecule has 1 unspecified atom stereocenters. The van der Waals surface area contributed by atoms with E-state index >= 15 is 0 Å². The predicted molar refractivity (Wildman–Crippen MR) is 131 cm³/mol. The number of hydrogen-bond acceptors (Lipinski definition) is 4. The number of ether oxygens (including phenoxy) is 2.